The highest BCUT2D eigenvalue weighted by molar-refractivity contribution is 7.12. The Bertz CT molecular complexity index is 785. The van der Waals surface area contributed by atoms with Crippen LogP contribution in [0.3, 0.4) is 0 Å². The highest BCUT2D eigenvalue weighted by Crippen LogP contribution is 2.27. The van der Waals surface area contributed by atoms with Crippen molar-refractivity contribution in [3.05, 3.63) is 46.7 Å². The van der Waals surface area contributed by atoms with Crippen LogP contribution in [0.5, 0.6) is 5.75 Å². The molecule has 2 heterocycles. The summed E-state index contributed by atoms with van der Waals surface area (Å²) in [7, 11) is 0. The molecule has 136 valence electrons. The number of hydrogen-bond acceptors (Lipinski definition) is 6. The molecule has 0 spiro atoms. The van der Waals surface area contributed by atoms with Crippen LogP contribution in [0.15, 0.2) is 41.8 Å². The number of esters is 1. The minimum atomic E-state index is -0.565. The maximum absolute atomic E-state index is 12.2. The summed E-state index contributed by atoms with van der Waals surface area (Å²) in [6.45, 7) is 2.42. The predicted molar refractivity (Wildman–Crippen MR) is 97.7 cm³/mol. The SMILES string of the molecule is CCOc1ccc(N2C[C@H](C(=O)OCC(=O)c3cccs3)CC2=O)cc1. The van der Waals surface area contributed by atoms with Crippen LogP contribution in [0, 0.1) is 5.92 Å². The van der Waals surface area contributed by atoms with Crippen molar-refractivity contribution in [3.63, 3.8) is 0 Å². The average molecular weight is 373 g/mol. The molecule has 0 unspecified atom stereocenters. The van der Waals surface area contributed by atoms with E-state index in [0.29, 0.717) is 17.2 Å². The Morgan fingerprint density at radius 1 is 1.23 bits per heavy atom. The molecular formula is C19H19NO5S. The summed E-state index contributed by atoms with van der Waals surface area (Å²) in [4.78, 5) is 38.5. The first-order valence-corrected chi connectivity index (χ1v) is 9.23. The van der Waals surface area contributed by atoms with Gasteiger partial charge in [-0.2, -0.15) is 0 Å². The van der Waals surface area contributed by atoms with Gasteiger partial charge < -0.3 is 14.4 Å². The number of carbonyl (C=O) groups excluding carboxylic acids is 3. The number of benzene rings is 1. The monoisotopic (exact) mass is 373 g/mol. The second kappa shape index (κ2) is 8.14. The van der Waals surface area contributed by atoms with E-state index in [9.17, 15) is 14.4 Å². The fourth-order valence-electron chi connectivity index (χ4n) is 2.77. The summed E-state index contributed by atoms with van der Waals surface area (Å²) in [6.07, 6.45) is 0.0826. The summed E-state index contributed by atoms with van der Waals surface area (Å²) >= 11 is 1.30. The van der Waals surface area contributed by atoms with E-state index in [1.165, 1.54) is 11.3 Å². The molecule has 2 aromatic rings. The number of ether oxygens (including phenoxy) is 2. The molecule has 1 fully saturated rings. The minimum absolute atomic E-state index is 0.0826. The van der Waals surface area contributed by atoms with Crippen molar-refractivity contribution in [3.8, 4) is 5.75 Å². The van der Waals surface area contributed by atoms with E-state index in [1.54, 1.807) is 46.7 Å². The van der Waals surface area contributed by atoms with E-state index in [-0.39, 0.29) is 31.3 Å². The topological polar surface area (TPSA) is 72.9 Å². The number of ketones is 1. The van der Waals surface area contributed by atoms with Gasteiger partial charge in [-0.1, -0.05) is 6.07 Å². The average Bonchev–Trinajstić information content (AvgIpc) is 3.30. The van der Waals surface area contributed by atoms with Gasteiger partial charge in [-0.25, -0.2) is 0 Å². The summed E-state index contributed by atoms with van der Waals surface area (Å²) < 4.78 is 10.5. The van der Waals surface area contributed by atoms with Gasteiger partial charge in [-0.15, -0.1) is 11.3 Å². The van der Waals surface area contributed by atoms with Gasteiger partial charge >= 0.3 is 5.97 Å². The molecule has 1 saturated heterocycles. The Hall–Kier alpha value is -2.67. The predicted octanol–water partition coefficient (Wildman–Crippen LogP) is 2.93. The molecule has 6 nitrogen and oxygen atoms in total. The van der Waals surface area contributed by atoms with Crippen molar-refractivity contribution in [1.29, 1.82) is 0 Å². The normalized spacial score (nSPS) is 16.6. The lowest BCUT2D eigenvalue weighted by Gasteiger charge is -2.17. The smallest absolute Gasteiger partial charge is 0.311 e. The Kier molecular flexibility index (Phi) is 5.68. The van der Waals surface area contributed by atoms with E-state index in [0.717, 1.165) is 5.75 Å². The first-order chi connectivity index (χ1) is 12.6. The largest absolute Gasteiger partial charge is 0.494 e. The molecule has 1 aliphatic rings. The lowest BCUT2D eigenvalue weighted by Crippen LogP contribution is -2.27. The van der Waals surface area contributed by atoms with Crippen molar-refractivity contribution in [2.45, 2.75) is 13.3 Å². The number of anilines is 1. The van der Waals surface area contributed by atoms with Gasteiger partial charge in [0.1, 0.15) is 5.75 Å². The van der Waals surface area contributed by atoms with Crippen LogP contribution in [-0.4, -0.2) is 37.4 Å². The summed E-state index contributed by atoms with van der Waals surface area (Å²) in [5.41, 5.74) is 0.711. The maximum Gasteiger partial charge on any atom is 0.311 e. The zero-order chi connectivity index (χ0) is 18.5. The molecule has 0 radical (unpaired) electrons. The highest BCUT2D eigenvalue weighted by atomic mass is 32.1. The van der Waals surface area contributed by atoms with Gasteiger partial charge in [0.25, 0.3) is 0 Å². The molecule has 7 heteroatoms. The first kappa shape index (κ1) is 18.1. The van der Waals surface area contributed by atoms with Crippen molar-refractivity contribution in [1.82, 2.24) is 0 Å². The summed E-state index contributed by atoms with van der Waals surface area (Å²) in [5.74, 6) is -0.727. The zero-order valence-electron chi connectivity index (χ0n) is 14.3. The Balaban J connectivity index is 1.56. The van der Waals surface area contributed by atoms with Crippen LogP contribution in [0.1, 0.15) is 23.0 Å². The summed E-state index contributed by atoms with van der Waals surface area (Å²) in [6, 6.07) is 10.6. The molecule has 1 atom stereocenters. The van der Waals surface area contributed by atoms with Crippen molar-refractivity contribution in [2.24, 2.45) is 5.92 Å². The quantitative estimate of drug-likeness (QED) is 0.551. The molecular weight excluding hydrogens is 354 g/mol. The van der Waals surface area contributed by atoms with E-state index >= 15 is 0 Å². The van der Waals surface area contributed by atoms with Crippen LogP contribution >= 0.6 is 11.3 Å². The van der Waals surface area contributed by atoms with Crippen LogP contribution in [0.4, 0.5) is 5.69 Å². The molecule has 1 aliphatic heterocycles. The first-order valence-electron chi connectivity index (χ1n) is 8.35. The van der Waals surface area contributed by atoms with Crippen LogP contribution in [0.2, 0.25) is 0 Å². The Morgan fingerprint density at radius 3 is 2.65 bits per heavy atom. The Morgan fingerprint density at radius 2 is 2.00 bits per heavy atom. The number of hydrogen-bond donors (Lipinski definition) is 0. The third kappa shape index (κ3) is 4.11. The molecule has 1 aromatic carbocycles. The van der Waals surface area contributed by atoms with Gasteiger partial charge in [0, 0.05) is 18.7 Å². The number of rotatable bonds is 7. The van der Waals surface area contributed by atoms with Gasteiger partial charge in [-0.3, -0.25) is 14.4 Å². The molecule has 0 saturated carbocycles. The number of amides is 1. The van der Waals surface area contributed by atoms with Crippen LogP contribution < -0.4 is 9.64 Å². The molecule has 0 N–H and O–H groups in total. The van der Waals surface area contributed by atoms with Gasteiger partial charge in [0.15, 0.2) is 6.61 Å². The van der Waals surface area contributed by atoms with Crippen LogP contribution in [-0.2, 0) is 14.3 Å². The van der Waals surface area contributed by atoms with Crippen LogP contribution in [0.25, 0.3) is 0 Å². The van der Waals surface area contributed by atoms with Gasteiger partial charge in [0.05, 0.1) is 17.4 Å². The van der Waals surface area contributed by atoms with E-state index in [1.807, 2.05) is 6.92 Å². The molecule has 0 bridgehead atoms. The molecule has 3 rings (SSSR count). The lowest BCUT2D eigenvalue weighted by molar-refractivity contribution is -0.147. The number of Topliss-reactive ketones (excluding diaryl/α,β-unsaturated/α-hetero) is 1. The fourth-order valence-corrected chi connectivity index (χ4v) is 3.42. The Labute approximate surface area is 155 Å². The van der Waals surface area contributed by atoms with E-state index in [2.05, 4.69) is 0 Å². The molecule has 1 amide bonds. The van der Waals surface area contributed by atoms with Crippen molar-refractivity contribution < 1.29 is 23.9 Å². The minimum Gasteiger partial charge on any atom is -0.494 e. The summed E-state index contributed by atoms with van der Waals surface area (Å²) in [5, 5.41) is 1.79. The second-order valence-electron chi connectivity index (χ2n) is 5.84. The zero-order valence-corrected chi connectivity index (χ0v) is 15.2. The third-order valence-electron chi connectivity index (χ3n) is 4.06. The maximum atomic E-state index is 12.2. The van der Waals surface area contributed by atoms with Crippen molar-refractivity contribution in [2.75, 3.05) is 24.7 Å². The fraction of sp³-hybridized carbons (Fsp3) is 0.316. The molecule has 26 heavy (non-hydrogen) atoms. The second-order valence-corrected chi connectivity index (χ2v) is 6.79. The van der Waals surface area contributed by atoms with E-state index in [4.69, 9.17) is 9.47 Å². The van der Waals surface area contributed by atoms with Crippen molar-refractivity contribution >= 4 is 34.7 Å². The van der Waals surface area contributed by atoms with Gasteiger partial charge in [0.2, 0.25) is 11.7 Å². The third-order valence-corrected chi connectivity index (χ3v) is 4.97. The lowest BCUT2D eigenvalue weighted by atomic mass is 10.1. The molecule has 1 aromatic heterocycles. The van der Waals surface area contributed by atoms with E-state index < -0.39 is 11.9 Å². The number of nitrogens with zero attached hydrogens (tertiary/aromatic N) is 1. The number of carbonyl (C=O) groups is 3. The number of thiophene rings is 1. The standard InChI is InChI=1S/C19H19NO5S/c1-2-24-15-7-5-14(6-8-15)20-11-13(10-18(20)22)19(23)25-12-16(21)17-4-3-9-26-17/h3-9,13H,2,10-12H2,1H3/t13-/m1/s1. The highest BCUT2D eigenvalue weighted by Gasteiger charge is 2.36. The molecule has 0 aliphatic carbocycles. The van der Waals surface area contributed by atoms with Gasteiger partial charge in [-0.05, 0) is 42.6 Å².